The number of rotatable bonds is 6. The molecule has 0 unspecified atom stereocenters. The zero-order valence-electron chi connectivity index (χ0n) is 14.1. The van der Waals surface area contributed by atoms with Crippen LogP contribution in [0.25, 0.3) is 0 Å². The Morgan fingerprint density at radius 3 is 2.54 bits per heavy atom. The molecule has 1 atom stereocenters. The average molecular weight is 328 g/mol. The van der Waals surface area contributed by atoms with Crippen LogP contribution in [-0.2, 0) is 0 Å². The first-order valence-electron chi connectivity index (χ1n) is 7.54. The Bertz CT molecular complexity index is 787. The molecular weight excluding hydrogens is 308 g/mol. The number of nitro benzene ring substituents is 1. The summed E-state index contributed by atoms with van der Waals surface area (Å²) >= 11 is 0. The van der Waals surface area contributed by atoms with E-state index in [-0.39, 0.29) is 17.5 Å². The Morgan fingerprint density at radius 1 is 1.25 bits per heavy atom. The number of hydrogen-bond acceptors (Lipinski definition) is 5. The van der Waals surface area contributed by atoms with Gasteiger partial charge >= 0.3 is 0 Å². The Balaban J connectivity index is 2.38. The summed E-state index contributed by atoms with van der Waals surface area (Å²) in [6.45, 7) is 5.26. The van der Waals surface area contributed by atoms with Crippen molar-refractivity contribution in [2.75, 3.05) is 12.4 Å². The van der Waals surface area contributed by atoms with Crippen molar-refractivity contribution in [3.63, 3.8) is 0 Å². The molecule has 0 spiro atoms. The molecule has 0 heterocycles. The lowest BCUT2D eigenvalue weighted by Crippen LogP contribution is -2.10. The van der Waals surface area contributed by atoms with Gasteiger partial charge in [-0.3, -0.25) is 14.9 Å². The lowest BCUT2D eigenvalue weighted by molar-refractivity contribution is -0.384. The molecule has 0 bridgehead atoms. The number of Topliss-reactive ketones (excluding diaryl/α,β-unsaturated/α-hetero) is 1. The molecule has 0 aliphatic rings. The van der Waals surface area contributed by atoms with Gasteiger partial charge in [-0.2, -0.15) is 0 Å². The first-order chi connectivity index (χ1) is 11.3. The molecule has 0 aromatic heterocycles. The summed E-state index contributed by atoms with van der Waals surface area (Å²) in [5, 5.41) is 14.5. The van der Waals surface area contributed by atoms with Crippen molar-refractivity contribution >= 4 is 17.2 Å². The topological polar surface area (TPSA) is 81.5 Å². The number of benzene rings is 2. The van der Waals surface area contributed by atoms with Gasteiger partial charge in [-0.05, 0) is 39.0 Å². The third-order valence-electron chi connectivity index (χ3n) is 3.82. The van der Waals surface area contributed by atoms with E-state index in [1.807, 2.05) is 32.0 Å². The summed E-state index contributed by atoms with van der Waals surface area (Å²) in [6.07, 6.45) is 0. The number of anilines is 1. The van der Waals surface area contributed by atoms with Gasteiger partial charge in [0, 0.05) is 17.2 Å². The quantitative estimate of drug-likeness (QED) is 0.486. The number of ketones is 1. The van der Waals surface area contributed by atoms with E-state index in [4.69, 9.17) is 4.74 Å². The number of nitro groups is 1. The van der Waals surface area contributed by atoms with E-state index in [9.17, 15) is 14.9 Å². The molecule has 2 aromatic carbocycles. The number of hydrogen-bond donors (Lipinski definition) is 1. The summed E-state index contributed by atoms with van der Waals surface area (Å²) in [7, 11) is 1.59. The largest absolute Gasteiger partial charge is 0.496 e. The first kappa shape index (κ1) is 17.5. The van der Waals surface area contributed by atoms with Gasteiger partial charge in [0.15, 0.2) is 5.78 Å². The Morgan fingerprint density at radius 2 is 1.96 bits per heavy atom. The fourth-order valence-corrected chi connectivity index (χ4v) is 2.53. The normalized spacial score (nSPS) is 11.7. The van der Waals surface area contributed by atoms with Crippen molar-refractivity contribution in [3.8, 4) is 5.75 Å². The minimum atomic E-state index is -0.491. The second-order valence-corrected chi connectivity index (χ2v) is 5.66. The highest BCUT2D eigenvalue weighted by Gasteiger charge is 2.19. The lowest BCUT2D eigenvalue weighted by atomic mass is 10.0. The number of carbonyl (C=O) groups excluding carboxylic acids is 1. The monoisotopic (exact) mass is 328 g/mol. The smallest absolute Gasteiger partial charge is 0.293 e. The van der Waals surface area contributed by atoms with Gasteiger partial charge in [0.2, 0.25) is 0 Å². The zero-order valence-corrected chi connectivity index (χ0v) is 14.1. The Labute approximate surface area is 140 Å². The van der Waals surface area contributed by atoms with Crippen LogP contribution in [0.5, 0.6) is 5.75 Å². The van der Waals surface area contributed by atoms with Crippen molar-refractivity contribution in [2.24, 2.45) is 0 Å². The highest BCUT2D eigenvalue weighted by atomic mass is 16.6. The number of aryl methyl sites for hydroxylation is 1. The third-order valence-corrected chi connectivity index (χ3v) is 3.82. The maximum absolute atomic E-state index is 11.4. The molecule has 0 aliphatic heterocycles. The second-order valence-electron chi connectivity index (χ2n) is 5.66. The second kappa shape index (κ2) is 7.12. The maximum Gasteiger partial charge on any atom is 0.293 e. The first-order valence-corrected chi connectivity index (χ1v) is 7.54. The lowest BCUT2D eigenvalue weighted by Gasteiger charge is -2.19. The summed E-state index contributed by atoms with van der Waals surface area (Å²) < 4.78 is 5.37. The molecule has 2 aromatic rings. The molecule has 24 heavy (non-hydrogen) atoms. The van der Waals surface area contributed by atoms with Crippen molar-refractivity contribution in [1.29, 1.82) is 0 Å². The Hall–Kier alpha value is -2.89. The van der Waals surface area contributed by atoms with Gasteiger partial charge in [0.1, 0.15) is 11.4 Å². The maximum atomic E-state index is 11.4. The van der Waals surface area contributed by atoms with E-state index < -0.39 is 4.92 Å². The van der Waals surface area contributed by atoms with E-state index >= 15 is 0 Å². The highest BCUT2D eigenvalue weighted by molar-refractivity contribution is 5.95. The zero-order chi connectivity index (χ0) is 17.9. The highest BCUT2D eigenvalue weighted by Crippen LogP contribution is 2.32. The molecule has 0 aliphatic carbocycles. The van der Waals surface area contributed by atoms with Crippen LogP contribution in [0.15, 0.2) is 36.4 Å². The van der Waals surface area contributed by atoms with E-state index in [1.54, 1.807) is 19.2 Å². The SMILES string of the molecule is COc1ccc(C)cc1[C@@H](C)Nc1ccc(C(C)=O)cc1[N+](=O)[O-]. The van der Waals surface area contributed by atoms with Crippen LogP contribution in [0.3, 0.4) is 0 Å². The minimum absolute atomic E-state index is 0.124. The number of carbonyl (C=O) groups is 1. The standard InChI is InChI=1S/C18H20N2O4/c1-11-5-8-18(24-4)15(9-11)12(2)19-16-7-6-14(13(3)21)10-17(16)20(22)23/h5-10,12,19H,1-4H3/t12-/m1/s1. The number of nitrogens with zero attached hydrogens (tertiary/aromatic N) is 1. The van der Waals surface area contributed by atoms with Crippen molar-refractivity contribution < 1.29 is 14.5 Å². The molecule has 6 nitrogen and oxygen atoms in total. The third kappa shape index (κ3) is 3.71. The van der Waals surface area contributed by atoms with Gasteiger partial charge in [-0.25, -0.2) is 0 Å². The predicted octanol–water partition coefficient (Wildman–Crippen LogP) is 4.29. The fourth-order valence-electron chi connectivity index (χ4n) is 2.53. The molecule has 0 amide bonds. The molecule has 0 saturated carbocycles. The van der Waals surface area contributed by atoms with Gasteiger partial charge in [-0.15, -0.1) is 0 Å². The van der Waals surface area contributed by atoms with E-state index in [1.165, 1.54) is 13.0 Å². The van der Waals surface area contributed by atoms with Crippen LogP contribution in [0.2, 0.25) is 0 Å². The van der Waals surface area contributed by atoms with E-state index in [2.05, 4.69) is 5.32 Å². The summed E-state index contributed by atoms with van der Waals surface area (Å²) in [6, 6.07) is 10.0. The number of ether oxygens (including phenoxy) is 1. The average Bonchev–Trinajstić information content (AvgIpc) is 2.54. The van der Waals surface area contributed by atoms with Crippen molar-refractivity contribution in [2.45, 2.75) is 26.8 Å². The Kier molecular flexibility index (Phi) is 5.18. The van der Waals surface area contributed by atoms with Crippen molar-refractivity contribution in [3.05, 3.63) is 63.2 Å². The van der Waals surface area contributed by atoms with Crippen LogP contribution in [0.1, 0.15) is 41.4 Å². The van der Waals surface area contributed by atoms with Crippen LogP contribution < -0.4 is 10.1 Å². The fraction of sp³-hybridized carbons (Fsp3) is 0.278. The van der Waals surface area contributed by atoms with Crippen LogP contribution >= 0.6 is 0 Å². The molecule has 6 heteroatoms. The van der Waals surface area contributed by atoms with Crippen LogP contribution in [-0.4, -0.2) is 17.8 Å². The molecule has 126 valence electrons. The minimum Gasteiger partial charge on any atom is -0.496 e. The summed E-state index contributed by atoms with van der Waals surface area (Å²) in [5.41, 5.74) is 2.53. The molecule has 2 rings (SSSR count). The van der Waals surface area contributed by atoms with Crippen LogP contribution in [0, 0.1) is 17.0 Å². The van der Waals surface area contributed by atoms with Gasteiger partial charge in [0.05, 0.1) is 18.1 Å². The predicted molar refractivity (Wildman–Crippen MR) is 92.9 cm³/mol. The van der Waals surface area contributed by atoms with E-state index in [0.29, 0.717) is 17.0 Å². The number of methoxy groups -OCH3 is 1. The molecule has 0 radical (unpaired) electrons. The molecular formula is C18H20N2O4. The number of nitrogens with one attached hydrogen (secondary N) is 1. The van der Waals surface area contributed by atoms with Crippen molar-refractivity contribution in [1.82, 2.24) is 0 Å². The summed E-state index contributed by atoms with van der Waals surface area (Å²) in [4.78, 5) is 22.3. The van der Waals surface area contributed by atoms with Gasteiger partial charge < -0.3 is 10.1 Å². The van der Waals surface area contributed by atoms with Gasteiger partial charge in [0.25, 0.3) is 5.69 Å². The van der Waals surface area contributed by atoms with Crippen LogP contribution in [0.4, 0.5) is 11.4 Å². The summed E-state index contributed by atoms with van der Waals surface area (Å²) in [5.74, 6) is 0.502. The molecule has 0 fully saturated rings. The van der Waals surface area contributed by atoms with E-state index in [0.717, 1.165) is 11.1 Å². The molecule has 1 N–H and O–H groups in total. The molecule has 0 saturated heterocycles. The van der Waals surface area contributed by atoms with Gasteiger partial charge in [-0.1, -0.05) is 17.7 Å².